The standard InChI is InChI=1S/C14H23BrN2O/c1-4-16-10-12-5-6-13(15)9-14(12)17(3)8-7-11(2)18/h5-6,9,11,16,18H,4,7-8,10H2,1-3H3. The Kier molecular flexibility index (Phi) is 6.68. The van der Waals surface area contributed by atoms with E-state index in [0.29, 0.717) is 0 Å². The third kappa shape index (κ3) is 4.96. The molecule has 1 aromatic carbocycles. The maximum atomic E-state index is 9.37. The van der Waals surface area contributed by atoms with Gasteiger partial charge in [0.05, 0.1) is 6.10 Å². The molecule has 1 atom stereocenters. The summed E-state index contributed by atoms with van der Waals surface area (Å²) in [6.45, 7) is 6.63. The summed E-state index contributed by atoms with van der Waals surface area (Å²) in [5.74, 6) is 0. The lowest BCUT2D eigenvalue weighted by molar-refractivity contribution is 0.187. The number of anilines is 1. The fourth-order valence-corrected chi connectivity index (χ4v) is 2.15. The van der Waals surface area contributed by atoms with Gasteiger partial charge in [0.2, 0.25) is 0 Å². The van der Waals surface area contributed by atoms with E-state index in [0.717, 1.165) is 30.5 Å². The van der Waals surface area contributed by atoms with Gasteiger partial charge in [0.15, 0.2) is 0 Å². The molecular formula is C14H23BrN2O. The molecule has 4 heteroatoms. The molecule has 1 aromatic rings. The van der Waals surface area contributed by atoms with Crippen molar-refractivity contribution in [3.05, 3.63) is 28.2 Å². The first-order chi connectivity index (χ1) is 8.54. The van der Waals surface area contributed by atoms with Crippen molar-refractivity contribution >= 4 is 21.6 Å². The molecule has 0 spiro atoms. The van der Waals surface area contributed by atoms with Crippen LogP contribution >= 0.6 is 15.9 Å². The van der Waals surface area contributed by atoms with Crippen molar-refractivity contribution in [2.75, 3.05) is 25.0 Å². The van der Waals surface area contributed by atoms with Crippen LogP contribution in [0.1, 0.15) is 25.8 Å². The largest absolute Gasteiger partial charge is 0.393 e. The van der Waals surface area contributed by atoms with Crippen LogP contribution in [0.3, 0.4) is 0 Å². The predicted octanol–water partition coefficient (Wildman–Crippen LogP) is 2.77. The molecule has 0 heterocycles. The van der Waals surface area contributed by atoms with Crippen LogP contribution in [0, 0.1) is 0 Å². The molecule has 0 aliphatic rings. The lowest BCUT2D eigenvalue weighted by atomic mass is 10.1. The Labute approximate surface area is 118 Å². The lowest BCUT2D eigenvalue weighted by Crippen LogP contribution is -2.24. The fraction of sp³-hybridized carbons (Fsp3) is 0.571. The van der Waals surface area contributed by atoms with E-state index in [4.69, 9.17) is 0 Å². The third-order valence-corrected chi connectivity index (χ3v) is 3.40. The second-order valence-corrected chi connectivity index (χ2v) is 5.53. The normalized spacial score (nSPS) is 12.5. The first kappa shape index (κ1) is 15.5. The number of halogens is 1. The highest BCUT2D eigenvalue weighted by molar-refractivity contribution is 9.10. The van der Waals surface area contributed by atoms with E-state index in [2.05, 4.69) is 58.3 Å². The van der Waals surface area contributed by atoms with Crippen molar-refractivity contribution in [1.82, 2.24) is 5.32 Å². The maximum absolute atomic E-state index is 9.37. The van der Waals surface area contributed by atoms with Crippen molar-refractivity contribution in [2.45, 2.75) is 32.9 Å². The highest BCUT2D eigenvalue weighted by Gasteiger charge is 2.09. The van der Waals surface area contributed by atoms with Gasteiger partial charge < -0.3 is 15.3 Å². The van der Waals surface area contributed by atoms with Gasteiger partial charge in [-0.2, -0.15) is 0 Å². The zero-order chi connectivity index (χ0) is 13.5. The van der Waals surface area contributed by atoms with Crippen LogP contribution < -0.4 is 10.2 Å². The highest BCUT2D eigenvalue weighted by atomic mass is 79.9. The highest BCUT2D eigenvalue weighted by Crippen LogP contribution is 2.24. The van der Waals surface area contributed by atoms with Gasteiger partial charge in [0.1, 0.15) is 0 Å². The summed E-state index contributed by atoms with van der Waals surface area (Å²) in [5.41, 5.74) is 2.50. The molecular weight excluding hydrogens is 292 g/mol. The maximum Gasteiger partial charge on any atom is 0.0528 e. The van der Waals surface area contributed by atoms with E-state index in [-0.39, 0.29) is 6.10 Å². The molecule has 0 aliphatic heterocycles. The second-order valence-electron chi connectivity index (χ2n) is 4.61. The molecule has 1 unspecified atom stereocenters. The predicted molar refractivity (Wildman–Crippen MR) is 81.1 cm³/mol. The second kappa shape index (κ2) is 7.77. The average Bonchev–Trinajstić information content (AvgIpc) is 2.34. The molecule has 0 bridgehead atoms. The molecule has 2 N–H and O–H groups in total. The summed E-state index contributed by atoms with van der Waals surface area (Å²) in [7, 11) is 2.07. The molecule has 0 saturated heterocycles. The SMILES string of the molecule is CCNCc1ccc(Br)cc1N(C)CCC(C)O. The van der Waals surface area contributed by atoms with E-state index >= 15 is 0 Å². The monoisotopic (exact) mass is 314 g/mol. The van der Waals surface area contributed by atoms with E-state index in [1.807, 2.05) is 6.92 Å². The Hall–Kier alpha value is -0.580. The Morgan fingerprint density at radius 1 is 1.44 bits per heavy atom. The summed E-state index contributed by atoms with van der Waals surface area (Å²) in [6.07, 6.45) is 0.528. The van der Waals surface area contributed by atoms with Crippen molar-refractivity contribution in [1.29, 1.82) is 0 Å². The summed E-state index contributed by atoms with van der Waals surface area (Å²) in [6, 6.07) is 6.34. The Balaban J connectivity index is 2.79. The molecule has 0 saturated carbocycles. The fourth-order valence-electron chi connectivity index (χ4n) is 1.80. The van der Waals surface area contributed by atoms with Gasteiger partial charge in [0, 0.05) is 30.3 Å². The number of aliphatic hydroxyl groups is 1. The lowest BCUT2D eigenvalue weighted by Gasteiger charge is -2.23. The van der Waals surface area contributed by atoms with Crippen molar-refractivity contribution in [3.8, 4) is 0 Å². The topological polar surface area (TPSA) is 35.5 Å². The smallest absolute Gasteiger partial charge is 0.0528 e. The molecule has 102 valence electrons. The minimum Gasteiger partial charge on any atom is -0.393 e. The van der Waals surface area contributed by atoms with Crippen molar-refractivity contribution in [3.63, 3.8) is 0 Å². The summed E-state index contributed by atoms with van der Waals surface area (Å²) in [5, 5.41) is 12.7. The first-order valence-electron chi connectivity index (χ1n) is 6.43. The van der Waals surface area contributed by atoms with Crippen LogP contribution in [0.5, 0.6) is 0 Å². The van der Waals surface area contributed by atoms with E-state index in [1.165, 1.54) is 11.3 Å². The van der Waals surface area contributed by atoms with E-state index < -0.39 is 0 Å². The molecule has 0 aromatic heterocycles. The Morgan fingerprint density at radius 2 is 2.17 bits per heavy atom. The van der Waals surface area contributed by atoms with E-state index in [9.17, 15) is 5.11 Å². The molecule has 0 radical (unpaired) electrons. The van der Waals surface area contributed by atoms with Crippen molar-refractivity contribution in [2.24, 2.45) is 0 Å². The third-order valence-electron chi connectivity index (χ3n) is 2.91. The van der Waals surface area contributed by atoms with Gasteiger partial charge in [-0.3, -0.25) is 0 Å². The van der Waals surface area contributed by atoms with Gasteiger partial charge in [-0.05, 0) is 37.6 Å². The molecule has 0 fully saturated rings. The number of benzene rings is 1. The summed E-state index contributed by atoms with van der Waals surface area (Å²) >= 11 is 3.52. The van der Waals surface area contributed by atoms with Gasteiger partial charge in [-0.25, -0.2) is 0 Å². The van der Waals surface area contributed by atoms with Crippen LogP contribution in [0.25, 0.3) is 0 Å². The zero-order valence-electron chi connectivity index (χ0n) is 11.4. The van der Waals surface area contributed by atoms with Crippen molar-refractivity contribution < 1.29 is 5.11 Å². The molecule has 1 rings (SSSR count). The number of hydrogen-bond acceptors (Lipinski definition) is 3. The number of aliphatic hydroxyl groups excluding tert-OH is 1. The van der Waals surface area contributed by atoms with Gasteiger partial charge in [-0.1, -0.05) is 28.9 Å². The van der Waals surface area contributed by atoms with Gasteiger partial charge in [0.25, 0.3) is 0 Å². The molecule has 18 heavy (non-hydrogen) atoms. The summed E-state index contributed by atoms with van der Waals surface area (Å²) < 4.78 is 1.08. The van der Waals surface area contributed by atoms with Crippen LogP contribution in [0.2, 0.25) is 0 Å². The quantitative estimate of drug-likeness (QED) is 0.812. The Morgan fingerprint density at radius 3 is 2.78 bits per heavy atom. The number of hydrogen-bond donors (Lipinski definition) is 2. The number of rotatable bonds is 7. The molecule has 0 aliphatic carbocycles. The minimum absolute atomic E-state index is 0.253. The van der Waals surface area contributed by atoms with Crippen LogP contribution in [-0.4, -0.2) is 31.3 Å². The van der Waals surface area contributed by atoms with Crippen LogP contribution in [-0.2, 0) is 6.54 Å². The first-order valence-corrected chi connectivity index (χ1v) is 7.22. The zero-order valence-corrected chi connectivity index (χ0v) is 13.0. The minimum atomic E-state index is -0.253. The van der Waals surface area contributed by atoms with Crippen LogP contribution in [0.4, 0.5) is 5.69 Å². The number of nitrogens with one attached hydrogen (secondary N) is 1. The Bertz CT molecular complexity index is 369. The van der Waals surface area contributed by atoms with Gasteiger partial charge >= 0.3 is 0 Å². The summed E-state index contributed by atoms with van der Waals surface area (Å²) in [4.78, 5) is 2.20. The number of nitrogens with zero attached hydrogens (tertiary/aromatic N) is 1. The van der Waals surface area contributed by atoms with Gasteiger partial charge in [-0.15, -0.1) is 0 Å². The van der Waals surface area contributed by atoms with E-state index in [1.54, 1.807) is 0 Å². The van der Waals surface area contributed by atoms with Crippen LogP contribution in [0.15, 0.2) is 22.7 Å². The molecule has 3 nitrogen and oxygen atoms in total. The molecule has 0 amide bonds. The average molecular weight is 315 g/mol.